The Morgan fingerprint density at radius 1 is 0.824 bits per heavy atom. The average Bonchev–Trinajstić information content (AvgIpc) is 2.87. The molecule has 1 aromatic heterocycles. The van der Waals surface area contributed by atoms with Crippen molar-refractivity contribution >= 4 is 17.5 Å². The van der Waals surface area contributed by atoms with Gasteiger partial charge in [0.25, 0.3) is 11.8 Å². The number of hydrogen-bond acceptors (Lipinski definition) is 5. The Morgan fingerprint density at radius 2 is 1.65 bits per heavy atom. The van der Waals surface area contributed by atoms with Crippen LogP contribution in [-0.2, 0) is 13.2 Å². The molecule has 2 amide bonds. The van der Waals surface area contributed by atoms with E-state index in [2.05, 4.69) is 10.3 Å². The third kappa shape index (κ3) is 5.98. The number of pyridine rings is 1. The third-order valence-electron chi connectivity index (χ3n) is 4.94. The van der Waals surface area contributed by atoms with Gasteiger partial charge < -0.3 is 20.5 Å². The zero-order valence-electron chi connectivity index (χ0n) is 18.3. The molecule has 0 atom stereocenters. The second-order valence-electron chi connectivity index (χ2n) is 7.44. The summed E-state index contributed by atoms with van der Waals surface area (Å²) in [6.07, 6.45) is 1.71. The van der Waals surface area contributed by atoms with Crippen molar-refractivity contribution in [3.05, 3.63) is 120 Å². The molecule has 3 N–H and O–H groups in total. The number of hydrogen-bond donors (Lipinski definition) is 2. The number of anilines is 1. The van der Waals surface area contributed by atoms with Gasteiger partial charge in [-0.05, 0) is 54.1 Å². The van der Waals surface area contributed by atoms with E-state index < -0.39 is 5.91 Å². The predicted molar refractivity (Wildman–Crippen MR) is 129 cm³/mol. The first-order valence-corrected chi connectivity index (χ1v) is 10.6. The Bertz CT molecular complexity index is 1290. The lowest BCUT2D eigenvalue weighted by Crippen LogP contribution is -2.13. The quantitative estimate of drug-likeness (QED) is 0.386. The SMILES string of the molecule is NC(=O)c1ccccc1OCc1cccc(C(=O)Nc2cccc(OCc3ccccn3)c2)c1. The molecule has 3 aromatic carbocycles. The molecule has 0 saturated carbocycles. The molecule has 4 rings (SSSR count). The maximum Gasteiger partial charge on any atom is 0.255 e. The molecule has 34 heavy (non-hydrogen) atoms. The summed E-state index contributed by atoms with van der Waals surface area (Å²) in [4.78, 5) is 28.6. The van der Waals surface area contributed by atoms with Crippen LogP contribution >= 0.6 is 0 Å². The molecule has 0 radical (unpaired) electrons. The topological polar surface area (TPSA) is 104 Å². The number of carbonyl (C=O) groups is 2. The molecule has 1 heterocycles. The van der Waals surface area contributed by atoms with Crippen LogP contribution in [-0.4, -0.2) is 16.8 Å². The van der Waals surface area contributed by atoms with E-state index in [1.807, 2.05) is 36.4 Å². The summed E-state index contributed by atoms with van der Waals surface area (Å²) in [5, 5.41) is 2.89. The summed E-state index contributed by atoms with van der Waals surface area (Å²) < 4.78 is 11.5. The fraction of sp³-hybridized carbons (Fsp3) is 0.0741. The van der Waals surface area contributed by atoms with Crippen LogP contribution in [0.4, 0.5) is 5.69 Å². The van der Waals surface area contributed by atoms with Gasteiger partial charge in [-0.1, -0.05) is 36.4 Å². The largest absolute Gasteiger partial charge is 0.488 e. The van der Waals surface area contributed by atoms with Crippen molar-refractivity contribution in [2.75, 3.05) is 5.32 Å². The molecule has 0 aliphatic rings. The second-order valence-corrected chi connectivity index (χ2v) is 7.44. The number of ether oxygens (including phenoxy) is 2. The Morgan fingerprint density at radius 3 is 2.47 bits per heavy atom. The van der Waals surface area contributed by atoms with E-state index in [1.165, 1.54) is 0 Å². The summed E-state index contributed by atoms with van der Waals surface area (Å²) in [5.41, 5.74) is 8.38. The highest BCUT2D eigenvalue weighted by molar-refractivity contribution is 6.04. The lowest BCUT2D eigenvalue weighted by molar-refractivity contribution is 0.0994. The lowest BCUT2D eigenvalue weighted by Gasteiger charge is -2.11. The highest BCUT2D eigenvalue weighted by atomic mass is 16.5. The van der Waals surface area contributed by atoms with Crippen molar-refractivity contribution in [2.24, 2.45) is 5.73 Å². The molecule has 170 valence electrons. The highest BCUT2D eigenvalue weighted by Crippen LogP contribution is 2.21. The smallest absolute Gasteiger partial charge is 0.255 e. The number of primary amides is 1. The predicted octanol–water partition coefficient (Wildman–Crippen LogP) is 4.59. The van der Waals surface area contributed by atoms with Crippen LogP contribution in [0.2, 0.25) is 0 Å². The number of aromatic nitrogens is 1. The molecule has 0 aliphatic carbocycles. The first-order valence-electron chi connectivity index (χ1n) is 10.6. The number of nitrogens with two attached hydrogens (primary N) is 1. The van der Waals surface area contributed by atoms with Gasteiger partial charge in [-0.3, -0.25) is 14.6 Å². The minimum atomic E-state index is -0.560. The van der Waals surface area contributed by atoms with Crippen LogP contribution in [0.1, 0.15) is 32.0 Å². The van der Waals surface area contributed by atoms with E-state index in [0.29, 0.717) is 34.9 Å². The first kappa shape index (κ1) is 22.5. The number of nitrogens with zero attached hydrogens (tertiary/aromatic N) is 1. The molecular formula is C27H23N3O4. The van der Waals surface area contributed by atoms with Gasteiger partial charge in [0.2, 0.25) is 0 Å². The molecule has 0 aliphatic heterocycles. The van der Waals surface area contributed by atoms with Gasteiger partial charge in [0.1, 0.15) is 24.7 Å². The summed E-state index contributed by atoms with van der Waals surface area (Å²) >= 11 is 0. The van der Waals surface area contributed by atoms with Gasteiger partial charge in [0, 0.05) is 23.5 Å². The minimum Gasteiger partial charge on any atom is -0.488 e. The summed E-state index contributed by atoms with van der Waals surface area (Å²) in [6, 6.07) is 26.7. The van der Waals surface area contributed by atoms with Crippen LogP contribution in [0, 0.1) is 0 Å². The maximum absolute atomic E-state index is 12.8. The van der Waals surface area contributed by atoms with Crippen LogP contribution < -0.4 is 20.5 Å². The highest BCUT2D eigenvalue weighted by Gasteiger charge is 2.11. The number of rotatable bonds is 9. The number of carbonyl (C=O) groups excluding carboxylic acids is 2. The van der Waals surface area contributed by atoms with Crippen LogP contribution in [0.5, 0.6) is 11.5 Å². The minimum absolute atomic E-state index is 0.183. The molecule has 4 aromatic rings. The number of benzene rings is 3. The van der Waals surface area contributed by atoms with Gasteiger partial charge >= 0.3 is 0 Å². The van der Waals surface area contributed by atoms with Gasteiger partial charge in [0.15, 0.2) is 0 Å². The summed E-state index contributed by atoms with van der Waals surface area (Å²) in [6.45, 7) is 0.515. The molecule has 7 heteroatoms. The summed E-state index contributed by atoms with van der Waals surface area (Å²) in [7, 11) is 0. The van der Waals surface area contributed by atoms with Gasteiger partial charge in [-0.15, -0.1) is 0 Å². The van der Waals surface area contributed by atoms with E-state index in [0.717, 1.165) is 11.3 Å². The standard InChI is InChI=1S/C27H23N3O4/c28-26(31)24-12-1-2-13-25(24)34-17-19-7-5-8-20(15-19)27(32)30-21-10-6-11-23(16-21)33-18-22-9-3-4-14-29-22/h1-16H,17-18H2,(H2,28,31)(H,30,32). The van der Waals surface area contributed by atoms with Crippen LogP contribution in [0.25, 0.3) is 0 Å². The van der Waals surface area contributed by atoms with Crippen molar-refractivity contribution in [3.63, 3.8) is 0 Å². The van der Waals surface area contributed by atoms with Gasteiger partial charge in [-0.25, -0.2) is 0 Å². The number of nitrogens with one attached hydrogen (secondary N) is 1. The van der Waals surface area contributed by atoms with Crippen molar-refractivity contribution in [1.29, 1.82) is 0 Å². The van der Waals surface area contributed by atoms with E-state index in [4.69, 9.17) is 15.2 Å². The normalized spacial score (nSPS) is 10.4. The van der Waals surface area contributed by atoms with Crippen LogP contribution in [0.3, 0.4) is 0 Å². The second kappa shape index (κ2) is 10.8. The Balaban J connectivity index is 1.38. The van der Waals surface area contributed by atoms with Crippen molar-refractivity contribution in [2.45, 2.75) is 13.2 Å². The number of amides is 2. The molecule has 0 saturated heterocycles. The van der Waals surface area contributed by atoms with E-state index in [-0.39, 0.29) is 12.5 Å². The Kier molecular flexibility index (Phi) is 7.15. The molecule has 0 unspecified atom stereocenters. The fourth-order valence-electron chi connectivity index (χ4n) is 3.27. The van der Waals surface area contributed by atoms with Crippen molar-refractivity contribution in [3.8, 4) is 11.5 Å². The van der Waals surface area contributed by atoms with Gasteiger partial charge in [0.05, 0.1) is 11.3 Å². The van der Waals surface area contributed by atoms with E-state index in [1.54, 1.807) is 60.8 Å². The monoisotopic (exact) mass is 453 g/mol. The zero-order valence-corrected chi connectivity index (χ0v) is 18.3. The summed E-state index contributed by atoms with van der Waals surface area (Å²) in [5.74, 6) is 0.197. The van der Waals surface area contributed by atoms with E-state index >= 15 is 0 Å². The van der Waals surface area contributed by atoms with E-state index in [9.17, 15) is 9.59 Å². The van der Waals surface area contributed by atoms with Gasteiger partial charge in [-0.2, -0.15) is 0 Å². The third-order valence-corrected chi connectivity index (χ3v) is 4.94. The molecule has 7 nitrogen and oxygen atoms in total. The van der Waals surface area contributed by atoms with Crippen LogP contribution in [0.15, 0.2) is 97.2 Å². The zero-order chi connectivity index (χ0) is 23.8. The first-order chi connectivity index (χ1) is 16.6. The Hall–Kier alpha value is -4.65. The lowest BCUT2D eigenvalue weighted by atomic mass is 10.1. The number of para-hydroxylation sites is 1. The maximum atomic E-state index is 12.8. The van der Waals surface area contributed by atoms with Crippen molar-refractivity contribution in [1.82, 2.24) is 4.98 Å². The Labute approximate surface area is 197 Å². The molecule has 0 fully saturated rings. The molecule has 0 spiro atoms. The molecule has 0 bridgehead atoms. The molecular weight excluding hydrogens is 430 g/mol. The fourth-order valence-corrected chi connectivity index (χ4v) is 3.27. The van der Waals surface area contributed by atoms with Crippen molar-refractivity contribution < 1.29 is 19.1 Å². The average molecular weight is 453 g/mol.